The minimum absolute atomic E-state index is 0.397. The summed E-state index contributed by atoms with van der Waals surface area (Å²) in [6.45, 7) is 14.1. The summed E-state index contributed by atoms with van der Waals surface area (Å²) in [6, 6.07) is 0. The molecule has 0 saturated heterocycles. The van der Waals surface area contributed by atoms with Crippen molar-refractivity contribution in [2.24, 2.45) is 5.73 Å². The third-order valence-electron chi connectivity index (χ3n) is 6.21. The van der Waals surface area contributed by atoms with Crippen molar-refractivity contribution in [1.29, 1.82) is 0 Å². The lowest BCUT2D eigenvalue weighted by atomic mass is 10.1. The van der Waals surface area contributed by atoms with Crippen LogP contribution in [0.3, 0.4) is 0 Å². The largest absolute Gasteiger partial charge is 0.427 e. The van der Waals surface area contributed by atoms with E-state index in [0.29, 0.717) is 10.1 Å². The van der Waals surface area contributed by atoms with Crippen molar-refractivity contribution in [3.63, 3.8) is 0 Å². The van der Waals surface area contributed by atoms with Gasteiger partial charge in [0, 0.05) is 14.2 Å². The van der Waals surface area contributed by atoms with Crippen molar-refractivity contribution in [3.8, 4) is 0 Å². The summed E-state index contributed by atoms with van der Waals surface area (Å²) < 4.78 is 11.1. The molecule has 0 rings (SSSR count). The van der Waals surface area contributed by atoms with E-state index in [2.05, 4.69) is 32.6 Å². The van der Waals surface area contributed by atoms with Crippen LogP contribution >= 0.6 is 0 Å². The second-order valence-corrected chi connectivity index (χ2v) is 16.4. The Balaban J connectivity index is 4.12. The average Bonchev–Trinajstić information content (AvgIpc) is 2.67. The molecule has 0 spiro atoms. The molecule has 0 bridgehead atoms. The highest BCUT2D eigenvalue weighted by Gasteiger charge is 2.23. The molecular formula is C24H56N2O2Si2. The van der Waals surface area contributed by atoms with Gasteiger partial charge in [-0.05, 0) is 61.9 Å². The third kappa shape index (κ3) is 19.0. The van der Waals surface area contributed by atoms with Gasteiger partial charge in [0.25, 0.3) is 0 Å². The zero-order valence-electron chi connectivity index (χ0n) is 21.6. The van der Waals surface area contributed by atoms with E-state index in [1.165, 1.54) is 96.7 Å². The second-order valence-electron chi connectivity index (χ2n) is 10.9. The molecule has 0 amide bonds. The maximum absolute atomic E-state index is 5.56. The van der Waals surface area contributed by atoms with Crippen LogP contribution in [0.1, 0.15) is 105 Å². The van der Waals surface area contributed by atoms with Crippen molar-refractivity contribution in [2.75, 3.05) is 40.4 Å². The molecule has 6 heteroatoms. The first-order chi connectivity index (χ1) is 14.3. The van der Waals surface area contributed by atoms with E-state index in [1.54, 1.807) is 0 Å². The normalized spacial score (nSPS) is 13.6. The summed E-state index contributed by atoms with van der Waals surface area (Å²) in [5.74, 6) is 0. The van der Waals surface area contributed by atoms with Gasteiger partial charge in [0.05, 0.1) is 0 Å². The third-order valence-corrected chi connectivity index (χ3v) is 9.06. The quantitative estimate of drug-likeness (QED) is 0.186. The van der Waals surface area contributed by atoms with Gasteiger partial charge in [-0.3, -0.25) is 0 Å². The van der Waals surface area contributed by atoms with E-state index >= 15 is 0 Å². The van der Waals surface area contributed by atoms with Crippen LogP contribution in [0.15, 0.2) is 0 Å². The fourth-order valence-corrected chi connectivity index (χ4v) is 6.24. The Labute approximate surface area is 194 Å². The summed E-state index contributed by atoms with van der Waals surface area (Å²) in [5.41, 5.74) is 5.55. The van der Waals surface area contributed by atoms with Crippen LogP contribution in [0.25, 0.3) is 0 Å². The monoisotopic (exact) mass is 460 g/mol. The van der Waals surface area contributed by atoms with Crippen LogP contribution in [0.5, 0.6) is 0 Å². The minimum Gasteiger partial charge on any atom is -0.427 e. The number of unbranched alkanes of at least 4 members (excludes halogenated alkanes) is 9. The number of nitrogens with two attached hydrogens (primary N) is 1. The molecule has 0 unspecified atom stereocenters. The van der Waals surface area contributed by atoms with Gasteiger partial charge in [-0.25, -0.2) is 0 Å². The second kappa shape index (κ2) is 18.8. The zero-order chi connectivity index (χ0) is 22.7. The summed E-state index contributed by atoms with van der Waals surface area (Å²) in [5, 5.41) is 0.794. The van der Waals surface area contributed by atoms with E-state index in [1.807, 2.05) is 14.2 Å². The lowest BCUT2D eigenvalue weighted by Gasteiger charge is -2.31. The van der Waals surface area contributed by atoms with Crippen molar-refractivity contribution in [2.45, 2.75) is 115 Å². The standard InChI is InChI=1S/C24H56N2O2Si2/c1-23(2,29-27-5)17-21-26(22-18-24(3,4)30-28-6)20-16-14-12-10-8-7-9-11-13-15-19-25/h7-22,25,29-30H2,1-6H3. The first-order valence-corrected chi connectivity index (χ1v) is 15.2. The average molecular weight is 461 g/mol. The molecule has 0 saturated carbocycles. The van der Waals surface area contributed by atoms with Crippen molar-refractivity contribution >= 4 is 19.5 Å². The van der Waals surface area contributed by atoms with Crippen LogP contribution in [-0.4, -0.2) is 64.8 Å². The van der Waals surface area contributed by atoms with E-state index in [4.69, 9.17) is 14.6 Å². The van der Waals surface area contributed by atoms with Crippen LogP contribution in [0.2, 0.25) is 10.1 Å². The molecule has 0 atom stereocenters. The Bertz CT molecular complexity index is 360. The molecule has 2 N–H and O–H groups in total. The van der Waals surface area contributed by atoms with Gasteiger partial charge in [-0.1, -0.05) is 79.1 Å². The lowest BCUT2D eigenvalue weighted by molar-refractivity contribution is 0.235. The van der Waals surface area contributed by atoms with E-state index in [0.717, 1.165) is 6.54 Å². The van der Waals surface area contributed by atoms with Crippen LogP contribution in [0.4, 0.5) is 0 Å². The molecule has 0 aliphatic rings. The molecule has 0 fully saturated rings. The number of nitrogens with zero attached hydrogens (tertiary/aromatic N) is 1. The lowest BCUT2D eigenvalue weighted by Crippen LogP contribution is -2.32. The fourth-order valence-electron chi connectivity index (χ4n) is 4.08. The fraction of sp³-hybridized carbons (Fsp3) is 1.00. The van der Waals surface area contributed by atoms with Gasteiger partial charge in [0.15, 0.2) is 19.5 Å². The number of hydrogen-bond acceptors (Lipinski definition) is 4. The zero-order valence-corrected chi connectivity index (χ0v) is 24.4. The Kier molecular flexibility index (Phi) is 19.0. The molecule has 0 heterocycles. The molecule has 0 radical (unpaired) electrons. The number of hydrogen-bond donors (Lipinski definition) is 1. The van der Waals surface area contributed by atoms with Gasteiger partial charge < -0.3 is 19.5 Å². The molecule has 0 aromatic carbocycles. The van der Waals surface area contributed by atoms with Crippen LogP contribution in [0, 0.1) is 0 Å². The highest BCUT2D eigenvalue weighted by atomic mass is 28.2. The minimum atomic E-state index is -0.432. The first kappa shape index (κ1) is 30.3. The maximum atomic E-state index is 5.56. The maximum Gasteiger partial charge on any atom is 0.166 e. The molecule has 0 aromatic rings. The topological polar surface area (TPSA) is 47.7 Å². The van der Waals surface area contributed by atoms with Crippen molar-refractivity contribution in [3.05, 3.63) is 0 Å². The molecule has 182 valence electrons. The molecule has 4 nitrogen and oxygen atoms in total. The summed E-state index contributed by atoms with van der Waals surface area (Å²) >= 11 is 0. The Morgan fingerprint density at radius 2 is 0.967 bits per heavy atom. The SMILES string of the molecule is CO[SiH2]C(C)(C)CCN(CCCCCCCCCCCCN)CCC(C)(C)[SiH2]OC. The van der Waals surface area contributed by atoms with Gasteiger partial charge >= 0.3 is 0 Å². The highest BCUT2D eigenvalue weighted by molar-refractivity contribution is 6.32. The summed E-state index contributed by atoms with van der Waals surface area (Å²) in [4.78, 5) is 2.73. The van der Waals surface area contributed by atoms with E-state index in [-0.39, 0.29) is 0 Å². The number of rotatable bonds is 22. The molecule has 0 aliphatic carbocycles. The van der Waals surface area contributed by atoms with Crippen molar-refractivity contribution in [1.82, 2.24) is 4.90 Å². The van der Waals surface area contributed by atoms with E-state index in [9.17, 15) is 0 Å². The Morgan fingerprint density at radius 1 is 0.600 bits per heavy atom. The highest BCUT2D eigenvalue weighted by Crippen LogP contribution is 2.30. The molecule has 0 aliphatic heterocycles. The van der Waals surface area contributed by atoms with Gasteiger partial charge in [0.2, 0.25) is 0 Å². The molecule has 0 aromatic heterocycles. The van der Waals surface area contributed by atoms with Crippen molar-refractivity contribution < 1.29 is 8.85 Å². The molecular weight excluding hydrogens is 404 g/mol. The van der Waals surface area contributed by atoms with Crippen LogP contribution in [-0.2, 0) is 8.85 Å². The first-order valence-electron chi connectivity index (χ1n) is 12.7. The van der Waals surface area contributed by atoms with Gasteiger partial charge in [0.1, 0.15) is 0 Å². The Morgan fingerprint density at radius 3 is 1.33 bits per heavy atom. The van der Waals surface area contributed by atoms with Gasteiger partial charge in [-0.15, -0.1) is 0 Å². The molecule has 30 heavy (non-hydrogen) atoms. The smallest absolute Gasteiger partial charge is 0.166 e. The predicted octanol–water partition coefficient (Wildman–Crippen LogP) is 4.79. The van der Waals surface area contributed by atoms with E-state index < -0.39 is 19.5 Å². The van der Waals surface area contributed by atoms with Crippen LogP contribution < -0.4 is 5.73 Å². The Hall–Kier alpha value is 0.274. The summed E-state index contributed by atoms with van der Waals surface area (Å²) in [6.07, 6.45) is 16.2. The summed E-state index contributed by atoms with van der Waals surface area (Å²) in [7, 11) is 2.89. The predicted molar refractivity (Wildman–Crippen MR) is 140 cm³/mol. The van der Waals surface area contributed by atoms with Gasteiger partial charge in [-0.2, -0.15) is 0 Å².